The van der Waals surface area contributed by atoms with E-state index in [-0.39, 0.29) is 13.2 Å². The van der Waals surface area contributed by atoms with Crippen LogP contribution in [0.15, 0.2) is 30.3 Å². The molecule has 1 rings (SSSR count). The van der Waals surface area contributed by atoms with Crippen LogP contribution in [0.4, 0.5) is 0 Å². The van der Waals surface area contributed by atoms with E-state index in [4.69, 9.17) is 18.9 Å². The van der Waals surface area contributed by atoms with Crippen molar-refractivity contribution in [3.8, 4) is 17.6 Å². The molecule has 0 aliphatic heterocycles. The maximum atomic E-state index is 11.4. The van der Waals surface area contributed by atoms with Gasteiger partial charge in [-0.1, -0.05) is 24.1 Å². The lowest BCUT2D eigenvalue weighted by molar-refractivity contribution is -0.138. The Labute approximate surface area is 142 Å². The van der Waals surface area contributed by atoms with Crippen molar-refractivity contribution in [1.82, 2.24) is 0 Å². The van der Waals surface area contributed by atoms with Crippen molar-refractivity contribution < 1.29 is 28.8 Å². The molecular weight excluding hydrogens is 312 g/mol. The van der Waals surface area contributed by atoms with Gasteiger partial charge in [-0.25, -0.2) is 4.79 Å². The summed E-state index contributed by atoms with van der Waals surface area (Å²) in [6, 6.07) is 7.30. The first-order valence-corrected chi connectivity index (χ1v) is 7.41. The summed E-state index contributed by atoms with van der Waals surface area (Å²) in [5, 5.41) is 9.70. The Balaban J connectivity index is 2.30. The number of esters is 1. The Bertz CT molecular complexity index is 567. The second-order valence-corrected chi connectivity index (χ2v) is 4.59. The standard InChI is InChI=1S/C18H22O6/c1-21-11-12-23-13-14-24-18(20)10-7-16(19)6-3-15-4-8-17(22-2)9-5-15/h3-6,8-9,16,19H,11-14H2,1-2H3/b6-3+. The van der Waals surface area contributed by atoms with E-state index in [1.807, 2.05) is 24.3 Å². The predicted octanol–water partition coefficient (Wildman–Crippen LogP) is 1.28. The second-order valence-electron chi connectivity index (χ2n) is 4.59. The van der Waals surface area contributed by atoms with Crippen molar-refractivity contribution in [3.63, 3.8) is 0 Å². The van der Waals surface area contributed by atoms with E-state index in [1.54, 1.807) is 20.3 Å². The molecule has 0 radical (unpaired) electrons. The van der Waals surface area contributed by atoms with Gasteiger partial charge < -0.3 is 24.1 Å². The molecular formula is C18H22O6. The molecule has 0 amide bonds. The number of hydrogen-bond donors (Lipinski definition) is 1. The number of carbonyl (C=O) groups is 1. The molecule has 1 unspecified atom stereocenters. The number of ether oxygens (including phenoxy) is 4. The lowest BCUT2D eigenvalue weighted by Crippen LogP contribution is -2.11. The van der Waals surface area contributed by atoms with Crippen LogP contribution in [0, 0.1) is 11.8 Å². The van der Waals surface area contributed by atoms with Crippen molar-refractivity contribution >= 4 is 12.0 Å². The van der Waals surface area contributed by atoms with Crippen LogP contribution in [0.1, 0.15) is 5.56 Å². The molecule has 0 saturated heterocycles. The molecule has 0 aliphatic rings. The molecule has 0 spiro atoms. The summed E-state index contributed by atoms with van der Waals surface area (Å²) < 4.78 is 19.8. The van der Waals surface area contributed by atoms with Crippen molar-refractivity contribution in [1.29, 1.82) is 0 Å². The van der Waals surface area contributed by atoms with Crippen LogP contribution in [0.2, 0.25) is 0 Å². The molecule has 1 aromatic carbocycles. The number of aliphatic hydroxyl groups excluding tert-OH is 1. The first-order chi connectivity index (χ1) is 11.7. The van der Waals surface area contributed by atoms with Crippen molar-refractivity contribution in [2.75, 3.05) is 40.6 Å². The zero-order chi connectivity index (χ0) is 17.6. The number of carbonyl (C=O) groups excluding carboxylic acids is 1. The van der Waals surface area contributed by atoms with Crippen LogP contribution in [0.5, 0.6) is 5.75 Å². The molecule has 0 saturated carbocycles. The SMILES string of the molecule is COCCOCCOC(=O)C#CC(O)/C=C/c1ccc(OC)cc1. The summed E-state index contributed by atoms with van der Waals surface area (Å²) in [6.45, 7) is 1.31. The maximum Gasteiger partial charge on any atom is 0.384 e. The molecule has 130 valence electrons. The first kappa shape index (κ1) is 19.7. The van der Waals surface area contributed by atoms with E-state index in [2.05, 4.69) is 11.8 Å². The van der Waals surface area contributed by atoms with Crippen LogP contribution in [-0.2, 0) is 19.0 Å². The fourth-order valence-electron chi connectivity index (χ4n) is 1.57. The van der Waals surface area contributed by atoms with Crippen LogP contribution in [0.25, 0.3) is 6.08 Å². The van der Waals surface area contributed by atoms with Crippen molar-refractivity contribution in [2.45, 2.75) is 6.10 Å². The summed E-state index contributed by atoms with van der Waals surface area (Å²) in [6.07, 6.45) is 2.13. The number of aliphatic hydroxyl groups is 1. The van der Waals surface area contributed by atoms with Crippen LogP contribution in [-0.4, -0.2) is 57.8 Å². The number of hydrogen-bond acceptors (Lipinski definition) is 6. The maximum absolute atomic E-state index is 11.4. The fraction of sp³-hybridized carbons (Fsp3) is 0.389. The minimum atomic E-state index is -1.06. The average Bonchev–Trinajstić information content (AvgIpc) is 2.61. The van der Waals surface area contributed by atoms with E-state index < -0.39 is 12.1 Å². The van der Waals surface area contributed by atoms with E-state index in [0.717, 1.165) is 11.3 Å². The van der Waals surface area contributed by atoms with Crippen molar-refractivity contribution in [3.05, 3.63) is 35.9 Å². The third-order valence-corrected chi connectivity index (χ3v) is 2.80. The number of methoxy groups -OCH3 is 2. The Hall–Kier alpha value is -2.33. The summed E-state index contributed by atoms with van der Waals surface area (Å²) in [4.78, 5) is 11.4. The zero-order valence-corrected chi connectivity index (χ0v) is 13.9. The Morgan fingerprint density at radius 1 is 1.17 bits per heavy atom. The summed E-state index contributed by atoms with van der Waals surface area (Å²) in [5.41, 5.74) is 0.882. The van der Waals surface area contributed by atoms with Gasteiger partial charge in [-0.3, -0.25) is 0 Å². The van der Waals surface area contributed by atoms with Gasteiger partial charge in [-0.05, 0) is 23.8 Å². The first-order valence-electron chi connectivity index (χ1n) is 7.41. The highest BCUT2D eigenvalue weighted by atomic mass is 16.6. The van der Waals surface area contributed by atoms with E-state index in [0.29, 0.717) is 13.2 Å². The van der Waals surface area contributed by atoms with E-state index in [9.17, 15) is 9.90 Å². The number of rotatable bonds is 9. The highest BCUT2D eigenvalue weighted by Crippen LogP contribution is 2.12. The quantitative estimate of drug-likeness (QED) is 0.317. The van der Waals surface area contributed by atoms with Gasteiger partial charge in [-0.15, -0.1) is 0 Å². The van der Waals surface area contributed by atoms with Gasteiger partial charge in [0.05, 0.1) is 26.9 Å². The van der Waals surface area contributed by atoms with Crippen molar-refractivity contribution in [2.24, 2.45) is 0 Å². The molecule has 0 bridgehead atoms. The van der Waals surface area contributed by atoms with Crippen LogP contribution in [0.3, 0.4) is 0 Å². The lowest BCUT2D eigenvalue weighted by atomic mass is 10.2. The van der Waals surface area contributed by atoms with Crippen LogP contribution < -0.4 is 4.74 Å². The molecule has 0 heterocycles. The monoisotopic (exact) mass is 334 g/mol. The predicted molar refractivity (Wildman–Crippen MR) is 89.5 cm³/mol. The van der Waals surface area contributed by atoms with E-state index in [1.165, 1.54) is 6.08 Å². The molecule has 0 fully saturated rings. The molecule has 0 aliphatic carbocycles. The highest BCUT2D eigenvalue weighted by molar-refractivity contribution is 5.88. The summed E-state index contributed by atoms with van der Waals surface area (Å²) in [5.74, 6) is 4.67. The molecule has 0 aromatic heterocycles. The van der Waals surface area contributed by atoms with Gasteiger partial charge in [-0.2, -0.15) is 0 Å². The highest BCUT2D eigenvalue weighted by Gasteiger charge is 1.99. The third kappa shape index (κ3) is 8.96. The molecule has 6 heteroatoms. The molecule has 24 heavy (non-hydrogen) atoms. The molecule has 6 nitrogen and oxygen atoms in total. The Morgan fingerprint density at radius 3 is 2.54 bits per heavy atom. The molecule has 1 N–H and O–H groups in total. The average molecular weight is 334 g/mol. The summed E-state index contributed by atoms with van der Waals surface area (Å²) in [7, 11) is 3.17. The summed E-state index contributed by atoms with van der Waals surface area (Å²) >= 11 is 0. The fourth-order valence-corrected chi connectivity index (χ4v) is 1.57. The van der Waals surface area contributed by atoms with Crippen LogP contribution >= 0.6 is 0 Å². The number of benzene rings is 1. The van der Waals surface area contributed by atoms with Gasteiger partial charge in [0.25, 0.3) is 0 Å². The van der Waals surface area contributed by atoms with E-state index >= 15 is 0 Å². The second kappa shape index (κ2) is 12.1. The Morgan fingerprint density at radius 2 is 1.88 bits per heavy atom. The van der Waals surface area contributed by atoms with Gasteiger partial charge in [0.1, 0.15) is 18.5 Å². The van der Waals surface area contributed by atoms with Gasteiger partial charge in [0.2, 0.25) is 0 Å². The molecule has 1 aromatic rings. The Kier molecular flexibility index (Phi) is 9.97. The normalized spacial score (nSPS) is 11.6. The van der Waals surface area contributed by atoms with Gasteiger partial charge in [0, 0.05) is 13.0 Å². The smallest absolute Gasteiger partial charge is 0.384 e. The molecule has 1 atom stereocenters. The minimum Gasteiger partial charge on any atom is -0.497 e. The topological polar surface area (TPSA) is 74.2 Å². The lowest BCUT2D eigenvalue weighted by Gasteiger charge is -2.02. The largest absolute Gasteiger partial charge is 0.497 e. The minimum absolute atomic E-state index is 0.106. The van der Waals surface area contributed by atoms with Gasteiger partial charge in [0.15, 0.2) is 0 Å². The zero-order valence-electron chi connectivity index (χ0n) is 13.9. The van der Waals surface area contributed by atoms with Gasteiger partial charge >= 0.3 is 5.97 Å². The third-order valence-electron chi connectivity index (χ3n) is 2.80.